The molecule has 0 amide bonds. The van der Waals surface area contributed by atoms with Gasteiger partial charge in [0.15, 0.2) is 0 Å². The monoisotopic (exact) mass is 215 g/mol. The van der Waals surface area contributed by atoms with E-state index in [1.165, 1.54) is 25.7 Å². The van der Waals surface area contributed by atoms with Crippen LogP contribution >= 0.6 is 0 Å². The Morgan fingerprint density at radius 2 is 1.60 bits per heavy atom. The van der Waals surface area contributed by atoms with Crippen molar-refractivity contribution in [3.8, 4) is 0 Å². The minimum Gasteiger partial charge on any atom is -0.379 e. The van der Waals surface area contributed by atoms with Crippen LogP contribution in [0.3, 0.4) is 0 Å². The van der Waals surface area contributed by atoms with Crippen LogP contribution in [0.5, 0.6) is 0 Å². The summed E-state index contributed by atoms with van der Waals surface area (Å²) in [6.07, 6.45) is 5.46. The van der Waals surface area contributed by atoms with Gasteiger partial charge < -0.3 is 10.1 Å². The lowest BCUT2D eigenvalue weighted by Gasteiger charge is -2.16. The molecule has 0 aromatic heterocycles. The van der Waals surface area contributed by atoms with Gasteiger partial charge in [0.25, 0.3) is 0 Å². The fourth-order valence-corrected chi connectivity index (χ4v) is 1.70. The van der Waals surface area contributed by atoms with Crippen LogP contribution in [-0.4, -0.2) is 24.8 Å². The normalized spacial score (nSPS) is 13.8. The van der Waals surface area contributed by atoms with Crippen molar-refractivity contribution in [2.75, 3.05) is 6.61 Å². The van der Waals surface area contributed by atoms with Gasteiger partial charge in [-0.2, -0.15) is 0 Å². The zero-order chi connectivity index (χ0) is 11.7. The summed E-state index contributed by atoms with van der Waals surface area (Å²) in [5, 5.41) is 3.52. The van der Waals surface area contributed by atoms with E-state index < -0.39 is 0 Å². The van der Waals surface area contributed by atoms with Gasteiger partial charge >= 0.3 is 0 Å². The first-order chi connectivity index (χ1) is 7.02. The topological polar surface area (TPSA) is 21.3 Å². The van der Waals surface area contributed by atoms with Gasteiger partial charge in [0, 0.05) is 18.7 Å². The van der Waals surface area contributed by atoms with Gasteiger partial charge in [0.05, 0.1) is 6.10 Å². The average Bonchev–Trinajstić information content (AvgIpc) is 2.09. The van der Waals surface area contributed by atoms with Crippen molar-refractivity contribution in [2.45, 2.75) is 78.5 Å². The Balaban J connectivity index is 3.16. The Morgan fingerprint density at radius 3 is 2.13 bits per heavy atom. The van der Waals surface area contributed by atoms with Crippen molar-refractivity contribution in [3.05, 3.63) is 0 Å². The van der Waals surface area contributed by atoms with Gasteiger partial charge in [-0.15, -0.1) is 0 Å². The Kier molecular flexibility index (Phi) is 9.12. The molecule has 0 rings (SSSR count). The number of nitrogens with one attached hydrogen (secondary N) is 1. The largest absolute Gasteiger partial charge is 0.379 e. The van der Waals surface area contributed by atoms with E-state index in [1.807, 2.05) is 0 Å². The number of hydrogen-bond donors (Lipinski definition) is 1. The molecule has 0 heterocycles. The summed E-state index contributed by atoms with van der Waals surface area (Å²) in [7, 11) is 0. The van der Waals surface area contributed by atoms with Crippen molar-refractivity contribution in [2.24, 2.45) is 0 Å². The van der Waals surface area contributed by atoms with Crippen molar-refractivity contribution in [3.63, 3.8) is 0 Å². The molecule has 2 heteroatoms. The molecular weight excluding hydrogens is 186 g/mol. The van der Waals surface area contributed by atoms with Crippen molar-refractivity contribution < 1.29 is 4.74 Å². The van der Waals surface area contributed by atoms with Crippen LogP contribution in [0, 0.1) is 0 Å². The third kappa shape index (κ3) is 11.8. The molecule has 0 spiro atoms. The molecule has 2 nitrogen and oxygen atoms in total. The van der Waals surface area contributed by atoms with Crippen molar-refractivity contribution in [1.29, 1.82) is 0 Å². The Morgan fingerprint density at radius 1 is 0.933 bits per heavy atom. The van der Waals surface area contributed by atoms with E-state index in [0.29, 0.717) is 18.2 Å². The highest BCUT2D eigenvalue weighted by Crippen LogP contribution is 2.05. The molecule has 0 aliphatic carbocycles. The lowest BCUT2D eigenvalue weighted by atomic mass is 10.1. The van der Waals surface area contributed by atoms with Crippen molar-refractivity contribution in [1.82, 2.24) is 5.32 Å². The Hall–Kier alpha value is -0.0800. The molecule has 0 aromatic carbocycles. The quantitative estimate of drug-likeness (QED) is 0.596. The molecule has 0 saturated heterocycles. The summed E-state index contributed by atoms with van der Waals surface area (Å²) >= 11 is 0. The lowest BCUT2D eigenvalue weighted by Crippen LogP contribution is -2.32. The first-order valence-corrected chi connectivity index (χ1v) is 6.40. The smallest absolute Gasteiger partial charge is 0.0518 e. The minimum atomic E-state index is 0.381. The van der Waals surface area contributed by atoms with Crippen LogP contribution in [0.4, 0.5) is 0 Å². The number of ether oxygens (including phenoxy) is 1. The molecule has 1 atom stereocenters. The van der Waals surface area contributed by atoms with E-state index in [2.05, 4.69) is 39.9 Å². The second-order valence-corrected chi connectivity index (χ2v) is 4.99. The van der Waals surface area contributed by atoms with E-state index in [-0.39, 0.29) is 0 Å². The molecule has 0 fully saturated rings. The molecule has 0 bridgehead atoms. The van der Waals surface area contributed by atoms with Crippen LogP contribution in [0.2, 0.25) is 0 Å². The maximum absolute atomic E-state index is 5.50. The molecule has 0 aliphatic heterocycles. The van der Waals surface area contributed by atoms with Gasteiger partial charge in [-0.3, -0.25) is 0 Å². The van der Waals surface area contributed by atoms with E-state index >= 15 is 0 Å². The summed E-state index contributed by atoms with van der Waals surface area (Å²) in [6, 6.07) is 1.25. The Labute approximate surface area is 95.8 Å². The highest BCUT2D eigenvalue weighted by atomic mass is 16.5. The summed E-state index contributed by atoms with van der Waals surface area (Å²) in [6.45, 7) is 11.8. The maximum atomic E-state index is 5.50. The van der Waals surface area contributed by atoms with E-state index in [4.69, 9.17) is 4.74 Å². The molecule has 0 aromatic rings. The van der Waals surface area contributed by atoms with Gasteiger partial charge in [0.2, 0.25) is 0 Å². The fourth-order valence-electron chi connectivity index (χ4n) is 1.70. The van der Waals surface area contributed by atoms with Crippen LogP contribution in [0.25, 0.3) is 0 Å². The van der Waals surface area contributed by atoms with E-state index in [9.17, 15) is 0 Å². The first-order valence-electron chi connectivity index (χ1n) is 6.40. The highest BCUT2D eigenvalue weighted by molar-refractivity contribution is 4.63. The maximum Gasteiger partial charge on any atom is 0.0518 e. The predicted octanol–water partition coefficient (Wildman–Crippen LogP) is 3.36. The molecule has 92 valence electrons. The number of hydrogen-bond acceptors (Lipinski definition) is 2. The molecule has 1 N–H and O–H groups in total. The summed E-state index contributed by atoms with van der Waals surface area (Å²) in [5.41, 5.74) is 0. The Bertz CT molecular complexity index is 134. The van der Waals surface area contributed by atoms with Crippen LogP contribution in [-0.2, 0) is 4.74 Å². The second-order valence-electron chi connectivity index (χ2n) is 4.99. The average molecular weight is 215 g/mol. The summed E-state index contributed by atoms with van der Waals surface area (Å²) in [4.78, 5) is 0. The SMILES string of the molecule is CC(C)NC(C)CCCCCOC(C)C. The zero-order valence-corrected chi connectivity index (χ0v) is 11.2. The zero-order valence-electron chi connectivity index (χ0n) is 11.2. The van der Waals surface area contributed by atoms with Gasteiger partial charge in [-0.25, -0.2) is 0 Å². The molecule has 15 heavy (non-hydrogen) atoms. The summed E-state index contributed by atoms with van der Waals surface area (Å²) < 4.78 is 5.50. The molecule has 0 aliphatic rings. The van der Waals surface area contributed by atoms with Gasteiger partial charge in [-0.05, 0) is 33.6 Å². The fraction of sp³-hybridized carbons (Fsp3) is 1.00. The van der Waals surface area contributed by atoms with Crippen LogP contribution in [0.15, 0.2) is 0 Å². The highest BCUT2D eigenvalue weighted by Gasteiger charge is 2.02. The molecule has 0 saturated carbocycles. The number of rotatable bonds is 9. The van der Waals surface area contributed by atoms with Gasteiger partial charge in [0.1, 0.15) is 0 Å². The first kappa shape index (κ1) is 14.9. The van der Waals surface area contributed by atoms with E-state index in [0.717, 1.165) is 6.61 Å². The molecule has 0 radical (unpaired) electrons. The predicted molar refractivity (Wildman–Crippen MR) is 67.3 cm³/mol. The van der Waals surface area contributed by atoms with E-state index in [1.54, 1.807) is 0 Å². The molecule has 1 unspecified atom stereocenters. The van der Waals surface area contributed by atoms with Crippen LogP contribution < -0.4 is 5.32 Å². The van der Waals surface area contributed by atoms with Gasteiger partial charge in [-0.1, -0.05) is 26.7 Å². The molecular formula is C13H29NO. The van der Waals surface area contributed by atoms with Crippen LogP contribution in [0.1, 0.15) is 60.3 Å². The lowest BCUT2D eigenvalue weighted by molar-refractivity contribution is 0.0756. The minimum absolute atomic E-state index is 0.381. The third-order valence-electron chi connectivity index (χ3n) is 2.35. The van der Waals surface area contributed by atoms with Crippen molar-refractivity contribution >= 4 is 0 Å². The summed E-state index contributed by atoms with van der Waals surface area (Å²) in [5.74, 6) is 0. The second kappa shape index (κ2) is 9.17. The standard InChI is InChI=1S/C13H29NO/c1-11(2)14-13(5)9-7-6-8-10-15-12(3)4/h11-14H,6-10H2,1-5H3. The number of unbranched alkanes of at least 4 members (excludes halogenated alkanes) is 2. The third-order valence-corrected chi connectivity index (χ3v) is 2.35.